The van der Waals surface area contributed by atoms with Gasteiger partial charge >= 0.3 is 11.9 Å². The summed E-state index contributed by atoms with van der Waals surface area (Å²) in [6, 6.07) is 10.1. The van der Waals surface area contributed by atoms with Crippen molar-refractivity contribution in [2.45, 2.75) is 45.9 Å². The van der Waals surface area contributed by atoms with E-state index in [4.69, 9.17) is 23.7 Å². The fourth-order valence-corrected chi connectivity index (χ4v) is 3.47. The fraction of sp³-hybridized carbons (Fsp3) is 0.310. The molecule has 220 valence electrons. The Kier molecular flexibility index (Phi) is 12.5. The smallest absolute Gasteiger partial charge is 0.328 e. The van der Waals surface area contributed by atoms with E-state index in [1.54, 1.807) is 37.3 Å². The van der Waals surface area contributed by atoms with Crippen LogP contribution in [-0.2, 0) is 33.3 Å². The Hall–Kier alpha value is -4.74. The van der Waals surface area contributed by atoms with Crippen LogP contribution >= 0.6 is 0 Å². The predicted octanol–water partition coefficient (Wildman–Crippen LogP) is 4.52. The monoisotopic (exact) mass is 574 g/mol. The Labute approximate surface area is 236 Å². The first kappa shape index (κ1) is 32.5. The summed E-state index contributed by atoms with van der Waals surface area (Å²) in [4.78, 5) is 40.8. The van der Waals surface area contributed by atoms with Crippen LogP contribution in [0.5, 0.6) is 5.75 Å². The molecule has 1 amide bonds. The molecule has 0 fully saturated rings. The highest BCUT2D eigenvalue weighted by Crippen LogP contribution is 2.29. The molecule has 1 N–H and O–H groups in total. The molecular weight excluding hydrogens is 542 g/mol. The van der Waals surface area contributed by atoms with E-state index in [2.05, 4.69) is 17.0 Å². The normalized spacial score (nSPS) is 14.0. The molecule has 0 bridgehead atoms. The number of nitrogens with one attached hydrogen (secondary N) is 1. The van der Waals surface area contributed by atoms with Crippen LogP contribution in [0, 0.1) is 11.6 Å². The summed E-state index contributed by atoms with van der Waals surface area (Å²) in [6.07, 6.45) is -0.554. The Morgan fingerprint density at radius 3 is 2.34 bits per heavy atom. The number of nitrogens with zero attached hydrogens (tertiary/aromatic N) is 1. The van der Waals surface area contributed by atoms with Crippen LogP contribution < -0.4 is 10.1 Å². The number of halogens is 2. The van der Waals surface area contributed by atoms with Gasteiger partial charge in [-0.2, -0.15) is 0 Å². The number of hydrogen-bond acceptors (Lipinski definition) is 9. The Balaban J connectivity index is 2.24. The average Bonchev–Trinajstić information content (AvgIpc) is 2.94. The molecule has 2 aromatic carbocycles. The summed E-state index contributed by atoms with van der Waals surface area (Å²) >= 11 is 0. The van der Waals surface area contributed by atoms with Crippen LogP contribution in [-0.4, -0.2) is 50.6 Å². The summed E-state index contributed by atoms with van der Waals surface area (Å²) in [6.45, 7) is 8.49. The second-order valence-corrected chi connectivity index (χ2v) is 8.45. The molecule has 0 aliphatic heterocycles. The van der Waals surface area contributed by atoms with E-state index < -0.39 is 54.5 Å². The topological polar surface area (TPSA) is 122 Å². The molecule has 0 radical (unpaired) electrons. The number of benzene rings is 2. The quantitative estimate of drug-likeness (QED) is 0.0873. The number of aliphatic imine (C=N–C) groups is 1. The number of allylic oxidation sites excluding steroid dienone is 1. The van der Waals surface area contributed by atoms with Gasteiger partial charge in [0.1, 0.15) is 18.0 Å². The Morgan fingerprint density at radius 2 is 1.76 bits per heavy atom. The van der Waals surface area contributed by atoms with Crippen LogP contribution in [0.3, 0.4) is 0 Å². The van der Waals surface area contributed by atoms with Crippen LogP contribution in [0.4, 0.5) is 8.78 Å². The van der Waals surface area contributed by atoms with Crippen LogP contribution in [0.15, 0.2) is 76.8 Å². The zero-order valence-corrected chi connectivity index (χ0v) is 23.3. The van der Waals surface area contributed by atoms with Gasteiger partial charge in [0.25, 0.3) is 5.91 Å². The second-order valence-electron chi connectivity index (χ2n) is 8.45. The number of esters is 2. The van der Waals surface area contributed by atoms with Crippen molar-refractivity contribution in [1.82, 2.24) is 5.32 Å². The maximum Gasteiger partial charge on any atom is 0.328 e. The zero-order valence-electron chi connectivity index (χ0n) is 23.3. The number of amides is 1. The molecule has 0 spiro atoms. The largest absolute Gasteiger partial charge is 0.493 e. The van der Waals surface area contributed by atoms with Gasteiger partial charge in [0.05, 0.1) is 7.11 Å². The molecule has 3 atom stereocenters. The van der Waals surface area contributed by atoms with Gasteiger partial charge in [-0.25, -0.2) is 13.6 Å². The van der Waals surface area contributed by atoms with Gasteiger partial charge < -0.3 is 29.0 Å². The van der Waals surface area contributed by atoms with Crippen molar-refractivity contribution in [3.8, 4) is 5.75 Å². The predicted molar refractivity (Wildman–Crippen MR) is 144 cm³/mol. The van der Waals surface area contributed by atoms with Crippen molar-refractivity contribution in [2.75, 3.05) is 13.9 Å². The number of carbonyl (C=O) groups is 3. The van der Waals surface area contributed by atoms with Crippen molar-refractivity contribution in [3.63, 3.8) is 0 Å². The van der Waals surface area contributed by atoms with Gasteiger partial charge in [0, 0.05) is 13.0 Å². The third-order valence-corrected chi connectivity index (χ3v) is 5.46. The highest BCUT2D eigenvalue weighted by Gasteiger charge is 2.30. The van der Waals surface area contributed by atoms with Crippen LogP contribution in [0.2, 0.25) is 0 Å². The third kappa shape index (κ3) is 9.45. The lowest BCUT2D eigenvalue weighted by Gasteiger charge is -2.27. The minimum absolute atomic E-state index is 0.0889. The van der Waals surface area contributed by atoms with Crippen LogP contribution in [0.25, 0.3) is 0 Å². The molecular formula is C29H32F2N2O8. The highest BCUT2D eigenvalue weighted by molar-refractivity contribution is 5.97. The van der Waals surface area contributed by atoms with Gasteiger partial charge in [0.2, 0.25) is 6.79 Å². The maximum atomic E-state index is 14.3. The minimum Gasteiger partial charge on any atom is -0.493 e. The van der Waals surface area contributed by atoms with E-state index in [9.17, 15) is 23.2 Å². The van der Waals surface area contributed by atoms with Crippen molar-refractivity contribution >= 4 is 24.6 Å². The Morgan fingerprint density at radius 1 is 1.07 bits per heavy atom. The van der Waals surface area contributed by atoms with Crippen LogP contribution in [0.1, 0.15) is 39.4 Å². The summed E-state index contributed by atoms with van der Waals surface area (Å²) in [7, 11) is 1.32. The number of ether oxygens (including phenoxy) is 5. The van der Waals surface area contributed by atoms with E-state index in [1.165, 1.54) is 34.0 Å². The number of rotatable bonds is 14. The molecule has 12 heteroatoms. The van der Waals surface area contributed by atoms with E-state index in [0.717, 1.165) is 18.2 Å². The summed E-state index contributed by atoms with van der Waals surface area (Å²) in [5.74, 6) is -4.33. The Bertz CT molecular complexity index is 1300. The molecule has 0 saturated heterocycles. The highest BCUT2D eigenvalue weighted by atomic mass is 19.1. The molecule has 0 saturated carbocycles. The van der Waals surface area contributed by atoms with Gasteiger partial charge in [-0.1, -0.05) is 30.3 Å². The lowest BCUT2D eigenvalue weighted by molar-refractivity contribution is -0.156. The number of hydrogen-bond donors (Lipinski definition) is 1. The molecule has 0 aliphatic carbocycles. The first-order chi connectivity index (χ1) is 19.5. The number of carbonyl (C=O) groups excluding carboxylic acids is 3. The average molecular weight is 575 g/mol. The van der Waals surface area contributed by atoms with E-state index in [-0.39, 0.29) is 23.0 Å². The molecule has 0 heterocycles. The van der Waals surface area contributed by atoms with Crippen molar-refractivity contribution in [1.29, 1.82) is 0 Å². The maximum absolute atomic E-state index is 14.3. The zero-order chi connectivity index (χ0) is 30.5. The van der Waals surface area contributed by atoms with Crippen molar-refractivity contribution in [2.24, 2.45) is 4.99 Å². The molecule has 0 aromatic heterocycles. The van der Waals surface area contributed by atoms with Gasteiger partial charge in [-0.05, 0) is 51.3 Å². The van der Waals surface area contributed by atoms with Crippen molar-refractivity contribution < 1.29 is 46.8 Å². The molecule has 0 aliphatic rings. The number of methoxy groups -OCH3 is 1. The summed E-state index contributed by atoms with van der Waals surface area (Å²) in [5, 5.41) is 2.44. The second kappa shape index (κ2) is 15.8. The fourth-order valence-electron chi connectivity index (χ4n) is 3.47. The van der Waals surface area contributed by atoms with E-state index in [0.29, 0.717) is 5.56 Å². The summed E-state index contributed by atoms with van der Waals surface area (Å²) in [5.41, 5.74) is 0.175. The van der Waals surface area contributed by atoms with Gasteiger partial charge in [-0.15, -0.1) is 0 Å². The van der Waals surface area contributed by atoms with Gasteiger partial charge in [-0.3, -0.25) is 14.6 Å². The SMILES string of the molecule is C=N/C(C(=O)N[C@@H](C)C(=O)O[C@@H](C)[C@H](Oc1cc(F)ccc1F)c1ccccc1)=C(OCOC(C)=O)\C(=C/C)OC. The van der Waals surface area contributed by atoms with E-state index >= 15 is 0 Å². The molecule has 41 heavy (non-hydrogen) atoms. The first-order valence-electron chi connectivity index (χ1n) is 12.4. The first-order valence-corrected chi connectivity index (χ1v) is 12.4. The molecule has 2 aromatic rings. The molecule has 2 rings (SSSR count). The van der Waals surface area contributed by atoms with Crippen molar-refractivity contribution in [3.05, 3.63) is 89.0 Å². The lowest BCUT2D eigenvalue weighted by atomic mass is 10.0. The molecule has 10 nitrogen and oxygen atoms in total. The molecule has 0 unspecified atom stereocenters. The standard InChI is InChI=1S/C29H32F2N2O8/c1-7-23(37-6)27(39-16-38-19(4)34)25(32-5)28(35)33-17(2)29(36)40-18(3)26(20-11-9-8-10-12-20)41-24-15-21(30)13-14-22(24)31/h7-15,17-18,26H,5,16H2,1-4,6H3,(H,33,35)/b23-7+,27-25+/t17-,18-,26-/m0/s1. The van der Waals surface area contributed by atoms with E-state index in [1.807, 2.05) is 0 Å². The van der Waals surface area contributed by atoms with Gasteiger partial charge in [0.15, 0.2) is 34.9 Å². The minimum atomic E-state index is -1.21. The lowest BCUT2D eigenvalue weighted by Crippen LogP contribution is -2.42. The third-order valence-electron chi connectivity index (χ3n) is 5.46. The summed E-state index contributed by atoms with van der Waals surface area (Å²) < 4.78 is 54.7.